The van der Waals surface area contributed by atoms with E-state index in [0.717, 1.165) is 61.4 Å². The van der Waals surface area contributed by atoms with E-state index in [1.165, 1.54) is 18.0 Å². The van der Waals surface area contributed by atoms with E-state index in [2.05, 4.69) is 77.0 Å². The van der Waals surface area contributed by atoms with E-state index in [1.807, 2.05) is 12.3 Å². The van der Waals surface area contributed by atoms with E-state index in [0.29, 0.717) is 12.8 Å². The number of rotatable bonds is 11. The van der Waals surface area contributed by atoms with Crippen molar-refractivity contribution in [1.29, 1.82) is 0 Å². The Balaban J connectivity index is 0.00000380. The molecule has 0 amide bonds. The van der Waals surface area contributed by atoms with Crippen LogP contribution in [0.15, 0.2) is 55.1 Å². The number of fused-ring (bicyclic) bond motifs is 1. The molecule has 3 heterocycles. The van der Waals surface area contributed by atoms with Gasteiger partial charge in [0.15, 0.2) is 0 Å². The third kappa shape index (κ3) is 8.45. The van der Waals surface area contributed by atoms with E-state index >= 15 is 0 Å². The van der Waals surface area contributed by atoms with Gasteiger partial charge in [0.05, 0.1) is 19.1 Å². The summed E-state index contributed by atoms with van der Waals surface area (Å²) in [5, 5.41) is 5.04. The first-order chi connectivity index (χ1) is 17.4. The van der Waals surface area contributed by atoms with Gasteiger partial charge in [0, 0.05) is 57.2 Å². The summed E-state index contributed by atoms with van der Waals surface area (Å²) in [6.07, 6.45) is 11.2. The predicted molar refractivity (Wildman–Crippen MR) is 160 cm³/mol. The van der Waals surface area contributed by atoms with Crippen LogP contribution in [0, 0.1) is 0 Å². The highest BCUT2D eigenvalue weighted by Crippen LogP contribution is 2.30. The molecule has 37 heavy (non-hydrogen) atoms. The number of hydrogen-bond donors (Lipinski definition) is 1. The normalized spacial score (nSPS) is 17.0. The number of likely N-dealkylation sites (tertiary alicyclic amines) is 1. The van der Waals surface area contributed by atoms with Crippen LogP contribution in [-0.4, -0.2) is 55.4 Å². The molecule has 1 atom stereocenters. The zero-order valence-corrected chi connectivity index (χ0v) is 23.4. The third-order valence-corrected chi connectivity index (χ3v) is 8.55. The molecule has 0 saturated carbocycles. The molecule has 2 aromatic heterocycles. The van der Waals surface area contributed by atoms with Crippen molar-refractivity contribution in [3.05, 3.63) is 66.2 Å². The van der Waals surface area contributed by atoms with Crippen LogP contribution >= 0.6 is 0 Å². The molecule has 1 aromatic carbocycles. The van der Waals surface area contributed by atoms with Gasteiger partial charge in [0.25, 0.3) is 0 Å². The monoisotopic (exact) mass is 522 g/mol. The second kappa shape index (κ2) is 13.8. The first-order valence-electron chi connectivity index (χ1n) is 13.2. The highest BCUT2D eigenvalue weighted by molar-refractivity contribution is 6.76. The molecule has 1 fully saturated rings. The van der Waals surface area contributed by atoms with Crippen molar-refractivity contribution in [3.8, 4) is 0 Å². The van der Waals surface area contributed by atoms with Gasteiger partial charge in [-0.25, -0.2) is 4.98 Å². The minimum Gasteiger partial charge on any atom is -0.504 e. The zero-order valence-electron chi connectivity index (χ0n) is 22.4. The molecule has 1 unspecified atom stereocenters. The fourth-order valence-electron chi connectivity index (χ4n) is 4.73. The summed E-state index contributed by atoms with van der Waals surface area (Å²) >= 11 is 0. The Morgan fingerprint density at radius 3 is 2.68 bits per heavy atom. The van der Waals surface area contributed by atoms with Crippen molar-refractivity contribution >= 4 is 30.9 Å². The highest BCUT2D eigenvalue weighted by Gasteiger charge is 2.20. The second-order valence-electron chi connectivity index (χ2n) is 11.0. The summed E-state index contributed by atoms with van der Waals surface area (Å²) in [5.74, 6) is 0. The number of nitrogens with zero attached hydrogens (tertiary/aromatic N) is 3. The summed E-state index contributed by atoms with van der Waals surface area (Å²) in [4.78, 5) is 7.37. The van der Waals surface area contributed by atoms with Crippen LogP contribution in [0.1, 0.15) is 37.8 Å². The smallest absolute Gasteiger partial charge is 0.143 e. The Labute approximate surface area is 224 Å². The SMILES string of the molecule is C.COC=Cc1cnc2c(ccn2COCC[Si](C)(C)C)c1NC1CCCN(Cc2ccccc2)CC1. The number of pyridine rings is 1. The number of ether oxygens (including phenoxy) is 2. The van der Waals surface area contributed by atoms with Gasteiger partial charge in [-0.15, -0.1) is 0 Å². The summed E-state index contributed by atoms with van der Waals surface area (Å²) in [6.45, 7) is 11.7. The lowest BCUT2D eigenvalue weighted by atomic mass is 10.1. The molecule has 1 aliphatic heterocycles. The number of hydrogen-bond acceptors (Lipinski definition) is 5. The first kappa shape index (κ1) is 29.0. The van der Waals surface area contributed by atoms with Crippen molar-refractivity contribution in [1.82, 2.24) is 14.5 Å². The molecule has 1 N–H and O–H groups in total. The minimum atomic E-state index is -1.10. The van der Waals surface area contributed by atoms with Gasteiger partial charge in [-0.3, -0.25) is 4.90 Å². The van der Waals surface area contributed by atoms with Crippen molar-refractivity contribution in [2.24, 2.45) is 0 Å². The number of aromatic nitrogens is 2. The molecule has 3 aromatic rings. The molecule has 7 heteroatoms. The van der Waals surface area contributed by atoms with E-state index in [1.54, 1.807) is 13.4 Å². The van der Waals surface area contributed by atoms with E-state index in [4.69, 9.17) is 14.5 Å². The average molecular weight is 523 g/mol. The van der Waals surface area contributed by atoms with Gasteiger partial charge in [0.2, 0.25) is 0 Å². The Morgan fingerprint density at radius 2 is 1.92 bits per heavy atom. The summed E-state index contributed by atoms with van der Waals surface area (Å²) in [7, 11) is 0.576. The molecule has 0 aliphatic carbocycles. The molecular formula is C30H46N4O2Si. The maximum absolute atomic E-state index is 6.02. The topological polar surface area (TPSA) is 51.6 Å². The minimum absolute atomic E-state index is 0. The van der Waals surface area contributed by atoms with Crippen LogP contribution < -0.4 is 5.32 Å². The Bertz CT molecular complexity index is 1120. The first-order valence-corrected chi connectivity index (χ1v) is 16.9. The lowest BCUT2D eigenvalue weighted by Crippen LogP contribution is -2.26. The van der Waals surface area contributed by atoms with Crippen LogP contribution in [-0.2, 0) is 22.7 Å². The van der Waals surface area contributed by atoms with Crippen LogP contribution in [0.2, 0.25) is 25.7 Å². The average Bonchev–Trinajstić information content (AvgIpc) is 3.14. The Hall–Kier alpha value is -2.61. The van der Waals surface area contributed by atoms with Gasteiger partial charge in [-0.05, 0) is 49.6 Å². The fraction of sp³-hybridized carbons (Fsp3) is 0.500. The second-order valence-corrected chi connectivity index (χ2v) is 16.7. The van der Waals surface area contributed by atoms with E-state index < -0.39 is 8.07 Å². The Morgan fingerprint density at radius 1 is 1.11 bits per heavy atom. The molecule has 1 aliphatic rings. The van der Waals surface area contributed by atoms with Crippen LogP contribution in [0.25, 0.3) is 17.1 Å². The van der Waals surface area contributed by atoms with Crippen molar-refractivity contribution in [3.63, 3.8) is 0 Å². The van der Waals surface area contributed by atoms with Crippen LogP contribution in [0.4, 0.5) is 5.69 Å². The summed E-state index contributed by atoms with van der Waals surface area (Å²) in [5.41, 5.74) is 4.53. The van der Waals surface area contributed by atoms with Gasteiger partial charge < -0.3 is 19.4 Å². The number of methoxy groups -OCH3 is 1. The zero-order chi connectivity index (χ0) is 25.4. The molecule has 0 spiro atoms. The standard InChI is InChI=1S/C29H42N4O2Si.CH4/c1-34-18-14-25-21-30-29-27(13-17-33(29)23-35-19-20-36(2,3)4)28(25)31-26-11-8-15-32(16-12-26)22-24-9-6-5-7-10-24;/h5-7,9-10,13-14,17-18,21,26H,8,11-12,15-16,19-20,22-23H2,1-4H3,(H,30,31);1H4. The molecule has 1 saturated heterocycles. The van der Waals surface area contributed by atoms with Gasteiger partial charge in [0.1, 0.15) is 12.4 Å². The van der Waals surface area contributed by atoms with Crippen molar-refractivity contribution in [2.75, 3.05) is 32.1 Å². The quantitative estimate of drug-likeness (QED) is 0.166. The number of anilines is 1. The van der Waals surface area contributed by atoms with E-state index in [-0.39, 0.29) is 7.43 Å². The lowest BCUT2D eigenvalue weighted by Gasteiger charge is -2.22. The molecule has 202 valence electrons. The van der Waals surface area contributed by atoms with Crippen LogP contribution in [0.5, 0.6) is 0 Å². The Kier molecular flexibility index (Phi) is 10.8. The van der Waals surface area contributed by atoms with Gasteiger partial charge in [-0.2, -0.15) is 0 Å². The summed E-state index contributed by atoms with van der Waals surface area (Å²) < 4.78 is 13.4. The van der Waals surface area contributed by atoms with Gasteiger partial charge >= 0.3 is 0 Å². The lowest BCUT2D eigenvalue weighted by molar-refractivity contribution is 0.0899. The maximum atomic E-state index is 6.02. The highest BCUT2D eigenvalue weighted by atomic mass is 28.3. The van der Waals surface area contributed by atoms with E-state index in [9.17, 15) is 0 Å². The third-order valence-electron chi connectivity index (χ3n) is 6.85. The number of benzene rings is 1. The largest absolute Gasteiger partial charge is 0.504 e. The predicted octanol–water partition coefficient (Wildman–Crippen LogP) is 7.07. The fourth-order valence-corrected chi connectivity index (χ4v) is 5.49. The number of nitrogens with one attached hydrogen (secondary N) is 1. The van der Waals surface area contributed by atoms with Gasteiger partial charge in [-0.1, -0.05) is 57.4 Å². The molecule has 6 nitrogen and oxygen atoms in total. The molecular weight excluding hydrogens is 476 g/mol. The van der Waals surface area contributed by atoms with Crippen molar-refractivity contribution in [2.45, 2.75) is 71.7 Å². The molecule has 0 bridgehead atoms. The van der Waals surface area contributed by atoms with Crippen LogP contribution in [0.3, 0.4) is 0 Å². The summed E-state index contributed by atoms with van der Waals surface area (Å²) in [6, 6.07) is 14.5. The maximum Gasteiger partial charge on any atom is 0.143 e. The molecule has 4 rings (SSSR count). The molecule has 0 radical (unpaired) electrons. The van der Waals surface area contributed by atoms with Crippen molar-refractivity contribution < 1.29 is 9.47 Å².